The minimum absolute atomic E-state index is 0.0846. The summed E-state index contributed by atoms with van der Waals surface area (Å²) in [5.41, 5.74) is -0.794. The Morgan fingerprint density at radius 1 is 1.55 bits per heavy atom. The van der Waals surface area contributed by atoms with Crippen molar-refractivity contribution >= 4 is 16.0 Å². The van der Waals surface area contributed by atoms with Crippen LogP contribution in [0.25, 0.3) is 0 Å². The van der Waals surface area contributed by atoms with Crippen LogP contribution >= 0.6 is 0 Å². The molecule has 1 aromatic rings. The van der Waals surface area contributed by atoms with E-state index in [4.69, 9.17) is 10.4 Å². The molecule has 1 unspecified atom stereocenters. The number of benzene rings is 1. The van der Waals surface area contributed by atoms with Gasteiger partial charge in [-0.2, -0.15) is 5.26 Å². The Balaban J connectivity index is 3.20. The summed E-state index contributed by atoms with van der Waals surface area (Å²) >= 11 is 0. The molecule has 0 amide bonds. The number of carbonyl (C=O) groups is 1. The molecular weight excluding hydrogens is 287 g/mol. The van der Waals surface area contributed by atoms with E-state index in [1.54, 1.807) is 0 Å². The van der Waals surface area contributed by atoms with Gasteiger partial charge in [-0.15, -0.1) is 0 Å². The van der Waals surface area contributed by atoms with Gasteiger partial charge in [-0.1, -0.05) is 0 Å². The molecule has 0 aliphatic carbocycles. The number of carboxylic acid groups (broad SMARTS) is 1. The Kier molecular flexibility index (Phi) is 4.81. The first-order valence-electron chi connectivity index (χ1n) is 5.61. The van der Waals surface area contributed by atoms with E-state index in [9.17, 15) is 17.6 Å². The van der Waals surface area contributed by atoms with Crippen molar-refractivity contribution in [1.29, 1.82) is 5.26 Å². The lowest BCUT2D eigenvalue weighted by molar-refractivity contribution is 0.0691. The molecule has 0 aliphatic rings. The van der Waals surface area contributed by atoms with Gasteiger partial charge in [0, 0.05) is 6.54 Å². The van der Waals surface area contributed by atoms with Crippen LogP contribution in [-0.2, 0) is 10.0 Å². The molecule has 0 aromatic heterocycles. The Labute approximate surface area is 115 Å². The smallest absolute Gasteiger partial charge is 0.338 e. The molecule has 20 heavy (non-hydrogen) atoms. The maximum Gasteiger partial charge on any atom is 0.338 e. The number of hydrogen-bond acceptors (Lipinski definition) is 4. The van der Waals surface area contributed by atoms with Crippen LogP contribution in [0.3, 0.4) is 0 Å². The van der Waals surface area contributed by atoms with Gasteiger partial charge in [0.2, 0.25) is 10.0 Å². The second-order valence-electron chi connectivity index (χ2n) is 4.29. The first-order valence-corrected chi connectivity index (χ1v) is 7.10. The predicted octanol–water partition coefficient (Wildman–Crippen LogP) is 1.27. The molecule has 0 spiro atoms. The molecule has 1 aromatic carbocycles. The summed E-state index contributed by atoms with van der Waals surface area (Å²) in [4.78, 5) is 10.5. The van der Waals surface area contributed by atoms with Crippen molar-refractivity contribution in [3.05, 3.63) is 29.1 Å². The van der Waals surface area contributed by atoms with E-state index < -0.39 is 33.3 Å². The quantitative estimate of drug-likeness (QED) is 0.851. The molecular formula is C12H13FN2O4S. The molecule has 0 saturated heterocycles. The van der Waals surface area contributed by atoms with Crippen LogP contribution in [-0.4, -0.2) is 26.0 Å². The highest BCUT2D eigenvalue weighted by Gasteiger charge is 2.21. The third-order valence-electron chi connectivity index (χ3n) is 2.57. The van der Waals surface area contributed by atoms with Crippen molar-refractivity contribution in [1.82, 2.24) is 4.72 Å². The lowest BCUT2D eigenvalue weighted by Crippen LogP contribution is -2.28. The van der Waals surface area contributed by atoms with E-state index in [1.165, 1.54) is 13.8 Å². The van der Waals surface area contributed by atoms with Crippen LogP contribution in [0.4, 0.5) is 4.39 Å². The maximum absolute atomic E-state index is 13.6. The summed E-state index contributed by atoms with van der Waals surface area (Å²) in [7, 11) is -3.99. The number of halogens is 1. The lowest BCUT2D eigenvalue weighted by Gasteiger charge is -2.10. The number of aryl methyl sites for hydroxylation is 1. The van der Waals surface area contributed by atoms with Gasteiger partial charge in [-0.3, -0.25) is 0 Å². The number of carboxylic acids is 1. The van der Waals surface area contributed by atoms with Crippen molar-refractivity contribution in [3.8, 4) is 6.07 Å². The average Bonchev–Trinajstić information content (AvgIpc) is 2.38. The van der Waals surface area contributed by atoms with Crippen LogP contribution in [0.5, 0.6) is 0 Å². The Bertz CT molecular complexity index is 679. The van der Waals surface area contributed by atoms with E-state index in [2.05, 4.69) is 4.72 Å². The van der Waals surface area contributed by atoms with Crippen LogP contribution in [0.1, 0.15) is 22.8 Å². The molecule has 2 N–H and O–H groups in total. The van der Waals surface area contributed by atoms with Crippen molar-refractivity contribution in [2.75, 3.05) is 6.54 Å². The van der Waals surface area contributed by atoms with Crippen molar-refractivity contribution in [2.24, 2.45) is 5.92 Å². The van der Waals surface area contributed by atoms with Gasteiger partial charge in [0.1, 0.15) is 5.82 Å². The summed E-state index contributed by atoms with van der Waals surface area (Å²) in [5, 5.41) is 17.4. The zero-order valence-corrected chi connectivity index (χ0v) is 11.7. The normalized spacial score (nSPS) is 12.7. The number of aromatic carboxylic acids is 1. The third kappa shape index (κ3) is 3.53. The number of rotatable bonds is 5. The highest BCUT2D eigenvalue weighted by atomic mass is 32.2. The lowest BCUT2D eigenvalue weighted by atomic mass is 10.1. The van der Waals surface area contributed by atoms with Crippen molar-refractivity contribution in [3.63, 3.8) is 0 Å². The summed E-state index contributed by atoms with van der Waals surface area (Å²) < 4.78 is 39.6. The molecule has 0 radical (unpaired) electrons. The zero-order valence-electron chi connectivity index (χ0n) is 10.8. The minimum atomic E-state index is -3.99. The molecule has 8 heteroatoms. The zero-order chi connectivity index (χ0) is 15.5. The van der Waals surface area contributed by atoms with Crippen LogP contribution in [0.15, 0.2) is 17.0 Å². The summed E-state index contributed by atoms with van der Waals surface area (Å²) in [6, 6.07) is 3.65. The largest absolute Gasteiger partial charge is 0.478 e. The number of nitriles is 1. The minimum Gasteiger partial charge on any atom is -0.478 e. The van der Waals surface area contributed by atoms with Gasteiger partial charge in [0.05, 0.1) is 22.4 Å². The van der Waals surface area contributed by atoms with E-state index >= 15 is 0 Å². The number of nitrogens with one attached hydrogen (secondary N) is 1. The van der Waals surface area contributed by atoms with Gasteiger partial charge in [0.15, 0.2) is 0 Å². The second-order valence-corrected chi connectivity index (χ2v) is 6.06. The van der Waals surface area contributed by atoms with E-state index in [1.807, 2.05) is 6.07 Å². The standard InChI is InChI=1S/C12H13FN2O4S/c1-7(5-14)6-15-20(18,19)9-3-8(2)11(13)10(4-9)12(16)17/h3-4,7,15H,6H2,1-2H3,(H,16,17). The number of sulfonamides is 1. The molecule has 0 fully saturated rings. The Morgan fingerprint density at radius 2 is 2.15 bits per heavy atom. The van der Waals surface area contributed by atoms with Gasteiger partial charge in [-0.25, -0.2) is 22.3 Å². The van der Waals surface area contributed by atoms with Crippen LogP contribution in [0.2, 0.25) is 0 Å². The topological polar surface area (TPSA) is 107 Å². The third-order valence-corrected chi connectivity index (χ3v) is 3.97. The summed E-state index contributed by atoms with van der Waals surface area (Å²) in [5.74, 6) is -3.06. The first-order chi connectivity index (χ1) is 9.19. The van der Waals surface area contributed by atoms with E-state index in [-0.39, 0.29) is 17.0 Å². The summed E-state index contributed by atoms with van der Waals surface area (Å²) in [6.07, 6.45) is 0. The van der Waals surface area contributed by atoms with Crippen molar-refractivity contribution in [2.45, 2.75) is 18.7 Å². The fourth-order valence-electron chi connectivity index (χ4n) is 1.41. The SMILES string of the molecule is Cc1cc(S(=O)(=O)NCC(C)C#N)cc(C(=O)O)c1F. The van der Waals surface area contributed by atoms with Gasteiger partial charge in [-0.05, 0) is 31.5 Å². The predicted molar refractivity (Wildman–Crippen MR) is 68.1 cm³/mol. The average molecular weight is 300 g/mol. The summed E-state index contributed by atoms with van der Waals surface area (Å²) in [6.45, 7) is 2.69. The van der Waals surface area contributed by atoms with Gasteiger partial charge in [0.25, 0.3) is 0 Å². The van der Waals surface area contributed by atoms with Gasteiger partial charge < -0.3 is 5.11 Å². The molecule has 0 saturated carbocycles. The van der Waals surface area contributed by atoms with Gasteiger partial charge >= 0.3 is 5.97 Å². The second kappa shape index (κ2) is 5.98. The molecule has 6 nitrogen and oxygen atoms in total. The number of hydrogen-bond donors (Lipinski definition) is 2. The molecule has 1 rings (SSSR count). The fraction of sp³-hybridized carbons (Fsp3) is 0.333. The Hall–Kier alpha value is -1.98. The highest BCUT2D eigenvalue weighted by Crippen LogP contribution is 2.19. The molecule has 0 bridgehead atoms. The number of nitrogens with zero attached hydrogens (tertiary/aromatic N) is 1. The maximum atomic E-state index is 13.6. The molecule has 1 atom stereocenters. The Morgan fingerprint density at radius 3 is 2.65 bits per heavy atom. The fourth-order valence-corrected chi connectivity index (χ4v) is 2.65. The van der Waals surface area contributed by atoms with E-state index in [0.717, 1.165) is 12.1 Å². The molecule has 108 valence electrons. The first kappa shape index (κ1) is 16.1. The van der Waals surface area contributed by atoms with Crippen molar-refractivity contribution < 1.29 is 22.7 Å². The monoisotopic (exact) mass is 300 g/mol. The molecule has 0 heterocycles. The molecule has 0 aliphatic heterocycles. The van der Waals surface area contributed by atoms with Crippen LogP contribution < -0.4 is 4.72 Å². The van der Waals surface area contributed by atoms with Crippen LogP contribution in [0, 0.1) is 30.0 Å². The highest BCUT2D eigenvalue weighted by molar-refractivity contribution is 7.89. The van der Waals surface area contributed by atoms with E-state index in [0.29, 0.717) is 0 Å².